The average molecular weight is 462 g/mol. The molecule has 1 aliphatic carbocycles. The number of amides is 1. The zero-order valence-electron chi connectivity index (χ0n) is 19.6. The Hall–Kier alpha value is -3.48. The normalized spacial score (nSPS) is 16.6. The van der Waals surface area contributed by atoms with E-state index in [9.17, 15) is 4.79 Å². The second kappa shape index (κ2) is 8.38. The van der Waals surface area contributed by atoms with Crippen molar-refractivity contribution < 1.29 is 28.3 Å². The first-order valence-corrected chi connectivity index (χ1v) is 12.0. The quantitative estimate of drug-likeness (QED) is 0.522. The Morgan fingerprint density at radius 2 is 1.88 bits per heavy atom. The molecule has 3 aliphatic rings. The molecule has 2 aromatic carbocycles. The molecule has 176 valence electrons. The maximum Gasteiger partial charge on any atom is 0.415 e. The molecule has 34 heavy (non-hydrogen) atoms. The van der Waals surface area contributed by atoms with Crippen molar-refractivity contribution in [1.82, 2.24) is 4.90 Å². The number of benzene rings is 2. The summed E-state index contributed by atoms with van der Waals surface area (Å²) in [5, 5.41) is 1.85. The molecule has 7 heteroatoms. The molecule has 0 N–H and O–H groups in total. The Morgan fingerprint density at radius 3 is 2.68 bits per heavy atom. The summed E-state index contributed by atoms with van der Waals surface area (Å²) >= 11 is 0. The van der Waals surface area contributed by atoms with Gasteiger partial charge in [0.25, 0.3) is 0 Å². The van der Waals surface area contributed by atoms with Crippen molar-refractivity contribution in [3.63, 3.8) is 0 Å². The van der Waals surface area contributed by atoms with Crippen molar-refractivity contribution in [2.45, 2.75) is 51.1 Å². The van der Waals surface area contributed by atoms with E-state index in [1.54, 1.807) is 12.0 Å². The van der Waals surface area contributed by atoms with E-state index >= 15 is 0 Å². The highest BCUT2D eigenvalue weighted by Crippen LogP contribution is 2.42. The molecule has 0 bridgehead atoms. The molecule has 3 aromatic rings. The van der Waals surface area contributed by atoms with Crippen molar-refractivity contribution in [2.75, 3.05) is 21.0 Å². The molecule has 0 atom stereocenters. The first-order chi connectivity index (χ1) is 16.6. The Labute approximate surface area is 198 Å². The maximum atomic E-state index is 13.1. The molecule has 0 saturated heterocycles. The molecule has 0 radical (unpaired) electrons. The van der Waals surface area contributed by atoms with Crippen LogP contribution in [0.15, 0.2) is 36.5 Å². The van der Waals surface area contributed by atoms with Gasteiger partial charge < -0.3 is 23.8 Å². The minimum absolute atomic E-state index is 0.230. The fraction of sp³-hybridized carbons (Fsp3) is 0.407. The van der Waals surface area contributed by atoms with Gasteiger partial charge in [-0.3, -0.25) is 0 Å². The number of rotatable bonds is 3. The number of ether oxygens (including phenoxy) is 4. The SMILES string of the molecule is COc1ccc2cc3[n+](cc2c1OC(=O)N(C)C1CCCCC1)CCc1cc2c(cc1-3)OCO2. The third-order valence-electron chi connectivity index (χ3n) is 7.40. The third-order valence-corrected chi connectivity index (χ3v) is 7.40. The van der Waals surface area contributed by atoms with Crippen LogP contribution in [-0.2, 0) is 13.0 Å². The van der Waals surface area contributed by atoms with Gasteiger partial charge in [0.05, 0.1) is 18.1 Å². The number of hydrogen-bond acceptors (Lipinski definition) is 5. The van der Waals surface area contributed by atoms with Gasteiger partial charge in [-0.1, -0.05) is 19.3 Å². The summed E-state index contributed by atoms with van der Waals surface area (Å²) in [6.07, 6.45) is 8.24. The zero-order valence-corrected chi connectivity index (χ0v) is 19.6. The van der Waals surface area contributed by atoms with Gasteiger partial charge in [-0.2, -0.15) is 4.57 Å². The van der Waals surface area contributed by atoms with Gasteiger partial charge in [0, 0.05) is 25.6 Å². The molecule has 1 saturated carbocycles. The molecular weight excluding hydrogens is 432 g/mol. The summed E-state index contributed by atoms with van der Waals surface area (Å²) in [5.41, 5.74) is 3.50. The lowest BCUT2D eigenvalue weighted by Crippen LogP contribution is -2.41. The van der Waals surface area contributed by atoms with Gasteiger partial charge in [0.15, 0.2) is 35.7 Å². The van der Waals surface area contributed by atoms with E-state index in [0.717, 1.165) is 72.2 Å². The molecule has 7 nitrogen and oxygen atoms in total. The standard InChI is InChI=1S/C27H29N2O5/c1-28(19-6-4-3-5-7-19)27(30)34-26-21-15-29-11-10-18-13-24-25(33-16-32-24)14-20(18)22(29)12-17(21)8-9-23(26)31-2/h8-9,12-15,19H,3-7,10-11,16H2,1-2H3/q+1. The predicted molar refractivity (Wildman–Crippen MR) is 127 cm³/mol. The van der Waals surface area contributed by atoms with Crippen LogP contribution in [0.25, 0.3) is 22.0 Å². The summed E-state index contributed by atoms with van der Waals surface area (Å²) < 4.78 is 25.0. The lowest BCUT2D eigenvalue weighted by molar-refractivity contribution is -0.686. The molecular formula is C27H29N2O5+. The van der Waals surface area contributed by atoms with E-state index < -0.39 is 0 Å². The van der Waals surface area contributed by atoms with E-state index in [4.69, 9.17) is 18.9 Å². The smallest absolute Gasteiger partial charge is 0.415 e. The lowest BCUT2D eigenvalue weighted by Gasteiger charge is -2.30. The largest absolute Gasteiger partial charge is 0.493 e. The number of fused-ring (bicyclic) bond motifs is 5. The molecule has 0 unspecified atom stereocenters. The highest BCUT2D eigenvalue weighted by molar-refractivity contribution is 5.93. The summed E-state index contributed by atoms with van der Waals surface area (Å²) in [5.74, 6) is 2.62. The lowest BCUT2D eigenvalue weighted by atomic mass is 9.95. The molecule has 0 spiro atoms. The fourth-order valence-electron chi connectivity index (χ4n) is 5.44. The van der Waals surface area contributed by atoms with Crippen LogP contribution in [0.2, 0.25) is 0 Å². The highest BCUT2D eigenvalue weighted by atomic mass is 16.7. The van der Waals surface area contributed by atoms with Crippen LogP contribution in [0.3, 0.4) is 0 Å². The number of carbonyl (C=O) groups is 1. The van der Waals surface area contributed by atoms with Crippen molar-refractivity contribution in [1.29, 1.82) is 0 Å². The molecule has 6 rings (SSSR count). The van der Waals surface area contributed by atoms with Crippen LogP contribution in [0.1, 0.15) is 37.7 Å². The van der Waals surface area contributed by atoms with Crippen molar-refractivity contribution in [3.05, 3.63) is 42.1 Å². The summed E-state index contributed by atoms with van der Waals surface area (Å²) in [6, 6.07) is 10.4. The first kappa shape index (κ1) is 21.1. The van der Waals surface area contributed by atoms with Crippen molar-refractivity contribution in [3.8, 4) is 34.3 Å². The molecule has 1 aromatic heterocycles. The summed E-state index contributed by atoms with van der Waals surface area (Å²) in [4.78, 5) is 14.9. The average Bonchev–Trinajstić information content (AvgIpc) is 3.34. The van der Waals surface area contributed by atoms with Gasteiger partial charge in [-0.05, 0) is 48.1 Å². The maximum absolute atomic E-state index is 13.1. The minimum atomic E-state index is -0.335. The van der Waals surface area contributed by atoms with E-state index in [0.29, 0.717) is 11.5 Å². The molecule has 2 aliphatic heterocycles. The van der Waals surface area contributed by atoms with Crippen LogP contribution < -0.4 is 23.5 Å². The van der Waals surface area contributed by atoms with Gasteiger partial charge in [0.2, 0.25) is 12.5 Å². The van der Waals surface area contributed by atoms with Gasteiger partial charge in [-0.25, -0.2) is 4.79 Å². The zero-order chi connectivity index (χ0) is 23.2. The summed E-state index contributed by atoms with van der Waals surface area (Å²) in [7, 11) is 3.45. The first-order valence-electron chi connectivity index (χ1n) is 12.0. The monoisotopic (exact) mass is 461 g/mol. The second-order valence-electron chi connectivity index (χ2n) is 9.34. The van der Waals surface area contributed by atoms with Crippen molar-refractivity contribution in [2.24, 2.45) is 0 Å². The van der Waals surface area contributed by atoms with E-state index in [1.165, 1.54) is 12.0 Å². The van der Waals surface area contributed by atoms with Gasteiger partial charge in [0.1, 0.15) is 0 Å². The van der Waals surface area contributed by atoms with Gasteiger partial charge in [-0.15, -0.1) is 0 Å². The molecule has 3 heterocycles. The highest BCUT2D eigenvalue weighted by Gasteiger charge is 2.30. The van der Waals surface area contributed by atoms with Crippen LogP contribution in [0.5, 0.6) is 23.0 Å². The number of carbonyl (C=O) groups excluding carboxylic acids is 1. The number of aryl methyl sites for hydroxylation is 2. The van der Waals surface area contributed by atoms with Crippen LogP contribution in [0, 0.1) is 0 Å². The van der Waals surface area contributed by atoms with E-state index in [1.807, 2.05) is 19.2 Å². The van der Waals surface area contributed by atoms with E-state index in [-0.39, 0.29) is 18.9 Å². The number of aromatic nitrogens is 1. The Morgan fingerprint density at radius 1 is 1.09 bits per heavy atom. The van der Waals surface area contributed by atoms with E-state index in [2.05, 4.69) is 29.0 Å². The van der Waals surface area contributed by atoms with Crippen LogP contribution in [0.4, 0.5) is 4.79 Å². The fourth-order valence-corrected chi connectivity index (χ4v) is 5.44. The Bertz CT molecular complexity index is 1280. The predicted octanol–water partition coefficient (Wildman–Crippen LogP) is 4.85. The van der Waals surface area contributed by atoms with Crippen LogP contribution in [-0.4, -0.2) is 38.0 Å². The number of hydrogen-bond donors (Lipinski definition) is 0. The second-order valence-corrected chi connectivity index (χ2v) is 9.34. The topological polar surface area (TPSA) is 61.1 Å². The molecule has 1 fully saturated rings. The Kier molecular flexibility index (Phi) is 5.20. The van der Waals surface area contributed by atoms with Gasteiger partial charge >= 0.3 is 6.09 Å². The number of nitrogens with zero attached hydrogens (tertiary/aromatic N) is 2. The number of methoxy groups -OCH3 is 1. The minimum Gasteiger partial charge on any atom is -0.493 e. The van der Waals surface area contributed by atoms with Crippen LogP contribution >= 0.6 is 0 Å². The van der Waals surface area contributed by atoms with Crippen molar-refractivity contribution >= 4 is 16.9 Å². The summed E-state index contributed by atoms with van der Waals surface area (Å²) in [6.45, 7) is 1.09. The number of pyridine rings is 1. The Balaban J connectivity index is 1.39. The third kappa shape index (κ3) is 3.50. The molecule has 1 amide bonds.